The number of nitriles is 1. The number of rotatable bonds is 5. The largest absolute Gasteiger partial charge is 0.497 e. The molecule has 0 fully saturated rings. The summed E-state index contributed by atoms with van der Waals surface area (Å²) in [6, 6.07) is 15.1. The molecular weight excluding hydrogens is 374 g/mol. The van der Waals surface area contributed by atoms with Crippen LogP contribution in [0, 0.1) is 11.3 Å². The van der Waals surface area contributed by atoms with E-state index in [1.165, 1.54) is 11.3 Å². The Labute approximate surface area is 178 Å². The number of allylic oxidation sites excluding steroid dienone is 1. The predicted molar refractivity (Wildman–Crippen MR) is 122 cm³/mol. The maximum atomic E-state index is 12.6. The summed E-state index contributed by atoms with van der Waals surface area (Å²) in [6.45, 7) is 9.54. The Balaban J connectivity index is 1.88. The van der Waals surface area contributed by atoms with Gasteiger partial charge in [-0.3, -0.25) is 4.79 Å². The minimum Gasteiger partial charge on any atom is -0.497 e. The van der Waals surface area contributed by atoms with Gasteiger partial charge in [0.1, 0.15) is 17.4 Å². The Morgan fingerprint density at radius 1 is 1.23 bits per heavy atom. The molecule has 2 aromatic rings. The van der Waals surface area contributed by atoms with Gasteiger partial charge in [0.05, 0.1) is 12.6 Å². The van der Waals surface area contributed by atoms with Crippen LogP contribution in [0.5, 0.6) is 5.75 Å². The first-order valence-electron chi connectivity index (χ1n) is 9.97. The number of ether oxygens (including phenoxy) is 1. The van der Waals surface area contributed by atoms with Crippen molar-refractivity contribution in [2.24, 2.45) is 0 Å². The average molecular weight is 402 g/mol. The molecule has 1 amide bonds. The predicted octanol–water partition coefficient (Wildman–Crippen LogP) is 5.26. The average Bonchev–Trinajstić information content (AvgIpc) is 2.72. The van der Waals surface area contributed by atoms with E-state index >= 15 is 0 Å². The van der Waals surface area contributed by atoms with Crippen molar-refractivity contribution in [1.82, 2.24) is 0 Å². The van der Waals surface area contributed by atoms with Gasteiger partial charge in [0.15, 0.2) is 0 Å². The number of hydrogen-bond donors (Lipinski definition) is 1. The highest BCUT2D eigenvalue weighted by Crippen LogP contribution is 2.39. The molecule has 0 unspecified atom stereocenters. The van der Waals surface area contributed by atoms with Gasteiger partial charge in [0.2, 0.25) is 0 Å². The molecule has 5 heteroatoms. The highest BCUT2D eigenvalue weighted by Gasteiger charge is 2.30. The molecule has 1 aliphatic rings. The lowest BCUT2D eigenvalue weighted by Crippen LogP contribution is -2.44. The maximum Gasteiger partial charge on any atom is 0.266 e. The van der Waals surface area contributed by atoms with Gasteiger partial charge < -0.3 is 15.0 Å². The van der Waals surface area contributed by atoms with Crippen LogP contribution in [0.15, 0.2) is 54.1 Å². The molecule has 1 heterocycles. The Kier molecular flexibility index (Phi) is 5.98. The van der Waals surface area contributed by atoms with Gasteiger partial charge >= 0.3 is 0 Å². The fourth-order valence-electron chi connectivity index (χ4n) is 3.96. The number of carbonyl (C=O) groups excluding carboxylic acids is 1. The van der Waals surface area contributed by atoms with Gasteiger partial charge in [-0.1, -0.05) is 12.1 Å². The van der Waals surface area contributed by atoms with E-state index in [1.54, 1.807) is 37.5 Å². The molecule has 0 spiro atoms. The third kappa shape index (κ3) is 4.23. The van der Waals surface area contributed by atoms with E-state index in [2.05, 4.69) is 50.1 Å². The van der Waals surface area contributed by atoms with E-state index in [1.807, 2.05) is 18.2 Å². The normalized spacial score (nSPS) is 15.0. The minimum absolute atomic E-state index is 0.0517. The van der Waals surface area contributed by atoms with Crippen molar-refractivity contribution < 1.29 is 9.53 Å². The van der Waals surface area contributed by atoms with Gasteiger partial charge in [-0.25, -0.2) is 0 Å². The number of likely N-dealkylation sites (N-methyl/N-ethyl adjacent to an activating group) is 1. The molecule has 0 aromatic heterocycles. The zero-order valence-electron chi connectivity index (χ0n) is 18.1. The molecule has 30 heavy (non-hydrogen) atoms. The standard InChI is InChI=1S/C25H27N3O2/c1-6-28-23-12-7-18(14-22(23)17(2)15-25(28,3)4)13-19(16-26)24(29)27-20-8-10-21(30-5)11-9-20/h7-15H,6H2,1-5H3,(H,27,29)/b19-13-. The second kappa shape index (κ2) is 8.46. The molecule has 0 saturated heterocycles. The summed E-state index contributed by atoms with van der Waals surface area (Å²) in [5, 5.41) is 12.3. The van der Waals surface area contributed by atoms with E-state index in [4.69, 9.17) is 4.74 Å². The number of fused-ring (bicyclic) bond motifs is 1. The highest BCUT2D eigenvalue weighted by atomic mass is 16.5. The number of benzene rings is 2. The molecule has 3 rings (SSSR count). The molecule has 0 aliphatic carbocycles. The lowest BCUT2D eigenvalue weighted by molar-refractivity contribution is -0.112. The van der Waals surface area contributed by atoms with Crippen LogP contribution in [-0.4, -0.2) is 25.1 Å². The van der Waals surface area contributed by atoms with Crippen molar-refractivity contribution in [3.63, 3.8) is 0 Å². The third-order valence-electron chi connectivity index (χ3n) is 5.34. The summed E-state index contributed by atoms with van der Waals surface area (Å²) in [7, 11) is 1.58. The summed E-state index contributed by atoms with van der Waals surface area (Å²) in [5.41, 5.74) is 4.90. The van der Waals surface area contributed by atoms with Gasteiger partial charge in [-0.15, -0.1) is 0 Å². The molecule has 154 valence electrons. The van der Waals surface area contributed by atoms with Crippen LogP contribution in [-0.2, 0) is 4.79 Å². The van der Waals surface area contributed by atoms with Gasteiger partial charge in [-0.05, 0) is 81.3 Å². The molecule has 0 saturated carbocycles. The summed E-state index contributed by atoms with van der Waals surface area (Å²) >= 11 is 0. The summed E-state index contributed by atoms with van der Waals surface area (Å²) in [4.78, 5) is 14.9. The fraction of sp³-hybridized carbons (Fsp3) is 0.280. The summed E-state index contributed by atoms with van der Waals surface area (Å²) in [6.07, 6.45) is 3.89. The number of amides is 1. The van der Waals surface area contributed by atoms with E-state index in [-0.39, 0.29) is 11.1 Å². The monoisotopic (exact) mass is 401 g/mol. The number of nitrogens with zero attached hydrogens (tertiary/aromatic N) is 2. The van der Waals surface area contributed by atoms with Gasteiger partial charge in [0.25, 0.3) is 5.91 Å². The molecule has 1 aliphatic heterocycles. The topological polar surface area (TPSA) is 65.4 Å². The van der Waals surface area contributed by atoms with Crippen molar-refractivity contribution in [3.8, 4) is 11.8 Å². The first kappa shape index (κ1) is 21.2. The van der Waals surface area contributed by atoms with Crippen LogP contribution in [0.4, 0.5) is 11.4 Å². The van der Waals surface area contributed by atoms with Crippen LogP contribution in [0.25, 0.3) is 11.6 Å². The number of methoxy groups -OCH3 is 1. The first-order chi connectivity index (χ1) is 14.3. The minimum atomic E-state index is -0.441. The van der Waals surface area contributed by atoms with E-state index in [0.717, 1.165) is 17.7 Å². The molecule has 1 N–H and O–H groups in total. The SMILES string of the molecule is CCN1c2ccc(/C=C(/C#N)C(=O)Nc3ccc(OC)cc3)cc2C(C)=CC1(C)C. The Morgan fingerprint density at radius 3 is 2.53 bits per heavy atom. The second-order valence-corrected chi connectivity index (χ2v) is 7.85. The quantitative estimate of drug-likeness (QED) is 0.548. The van der Waals surface area contributed by atoms with E-state index < -0.39 is 5.91 Å². The van der Waals surface area contributed by atoms with Gasteiger partial charge in [-0.2, -0.15) is 5.26 Å². The van der Waals surface area contributed by atoms with Crippen LogP contribution < -0.4 is 15.0 Å². The summed E-state index contributed by atoms with van der Waals surface area (Å²) < 4.78 is 5.12. The Bertz CT molecular complexity index is 1060. The molecule has 0 atom stereocenters. The molecule has 5 nitrogen and oxygen atoms in total. The molecular formula is C25H27N3O2. The summed E-state index contributed by atoms with van der Waals surface area (Å²) in [5.74, 6) is 0.259. The second-order valence-electron chi connectivity index (χ2n) is 7.85. The van der Waals surface area contributed by atoms with Crippen LogP contribution in [0.1, 0.15) is 38.8 Å². The number of anilines is 2. The molecule has 0 bridgehead atoms. The van der Waals surface area contributed by atoms with Crippen LogP contribution in [0.3, 0.4) is 0 Å². The zero-order valence-corrected chi connectivity index (χ0v) is 18.1. The van der Waals surface area contributed by atoms with E-state index in [9.17, 15) is 10.1 Å². The number of carbonyl (C=O) groups is 1. The Morgan fingerprint density at radius 2 is 1.93 bits per heavy atom. The van der Waals surface area contributed by atoms with Crippen molar-refractivity contribution in [2.45, 2.75) is 33.2 Å². The number of hydrogen-bond acceptors (Lipinski definition) is 4. The maximum absolute atomic E-state index is 12.6. The molecule has 2 aromatic carbocycles. The fourth-order valence-corrected chi connectivity index (χ4v) is 3.96. The highest BCUT2D eigenvalue weighted by molar-refractivity contribution is 6.09. The van der Waals surface area contributed by atoms with Crippen LogP contribution in [0.2, 0.25) is 0 Å². The van der Waals surface area contributed by atoms with Crippen LogP contribution >= 0.6 is 0 Å². The van der Waals surface area contributed by atoms with Crippen molar-refractivity contribution >= 4 is 28.9 Å². The Hall–Kier alpha value is -3.52. The smallest absolute Gasteiger partial charge is 0.266 e. The van der Waals surface area contributed by atoms with Gasteiger partial charge in [0, 0.05) is 23.5 Å². The zero-order chi connectivity index (χ0) is 21.9. The number of nitrogens with one attached hydrogen (secondary N) is 1. The van der Waals surface area contributed by atoms with E-state index in [0.29, 0.717) is 11.4 Å². The van der Waals surface area contributed by atoms with Crippen molar-refractivity contribution in [2.75, 3.05) is 23.9 Å². The third-order valence-corrected chi connectivity index (χ3v) is 5.34. The first-order valence-corrected chi connectivity index (χ1v) is 9.97. The lowest BCUT2D eigenvalue weighted by atomic mass is 9.88. The molecule has 0 radical (unpaired) electrons. The van der Waals surface area contributed by atoms with Crippen molar-refractivity contribution in [3.05, 3.63) is 65.2 Å². The van der Waals surface area contributed by atoms with Crippen molar-refractivity contribution in [1.29, 1.82) is 5.26 Å². The lowest BCUT2D eigenvalue weighted by Gasteiger charge is -2.42.